The van der Waals surface area contributed by atoms with Gasteiger partial charge in [0.1, 0.15) is 5.70 Å². The van der Waals surface area contributed by atoms with Crippen LogP contribution in [0, 0.1) is 6.92 Å². The third-order valence-corrected chi connectivity index (χ3v) is 4.32. The highest BCUT2D eigenvalue weighted by Gasteiger charge is 2.32. The van der Waals surface area contributed by atoms with E-state index in [1.807, 2.05) is 56.3 Å². The van der Waals surface area contributed by atoms with Crippen LogP contribution in [0.3, 0.4) is 0 Å². The highest BCUT2D eigenvalue weighted by molar-refractivity contribution is 7.80. The summed E-state index contributed by atoms with van der Waals surface area (Å²) in [5.41, 5.74) is 3.00. The molecule has 0 atom stereocenters. The molecule has 1 amide bonds. The number of nitrogens with zero attached hydrogens (tertiary/aromatic N) is 1. The van der Waals surface area contributed by atoms with Crippen LogP contribution in [-0.4, -0.2) is 24.7 Å². The standard InChI is InChI=1S/C20H20N2O3S/c1-4-25-17-10-9-14(12-18(17)24-3)11-15-19(23)22(20(26)21-15)16-8-6-5-7-13(16)2/h5-12H,4H2,1-3H3,(H,21,26)/b15-11+. The Bertz CT molecular complexity index is 892. The molecule has 1 fully saturated rings. The van der Waals surface area contributed by atoms with Crippen LogP contribution in [0.4, 0.5) is 5.69 Å². The van der Waals surface area contributed by atoms with Gasteiger partial charge in [-0.2, -0.15) is 0 Å². The molecule has 0 aliphatic carbocycles. The predicted octanol–water partition coefficient (Wildman–Crippen LogP) is 3.66. The van der Waals surface area contributed by atoms with Crippen molar-refractivity contribution in [3.8, 4) is 11.5 Å². The lowest BCUT2D eigenvalue weighted by Crippen LogP contribution is -2.30. The van der Waals surface area contributed by atoms with Gasteiger partial charge in [-0.05, 0) is 61.5 Å². The van der Waals surface area contributed by atoms with Gasteiger partial charge in [-0.25, -0.2) is 0 Å². The minimum atomic E-state index is -0.183. The van der Waals surface area contributed by atoms with Crippen LogP contribution in [0.5, 0.6) is 11.5 Å². The van der Waals surface area contributed by atoms with E-state index in [0.717, 1.165) is 16.8 Å². The zero-order valence-corrected chi connectivity index (χ0v) is 15.7. The van der Waals surface area contributed by atoms with Crippen molar-refractivity contribution in [1.29, 1.82) is 0 Å². The Hall–Kier alpha value is -2.86. The van der Waals surface area contributed by atoms with Crippen LogP contribution in [0.15, 0.2) is 48.2 Å². The molecule has 1 aliphatic rings. The number of hydrogen-bond acceptors (Lipinski definition) is 4. The van der Waals surface area contributed by atoms with Crippen LogP contribution in [0.1, 0.15) is 18.1 Å². The number of anilines is 1. The van der Waals surface area contributed by atoms with E-state index in [-0.39, 0.29) is 5.91 Å². The van der Waals surface area contributed by atoms with Crippen LogP contribution in [-0.2, 0) is 4.79 Å². The number of benzene rings is 2. The molecule has 0 aromatic heterocycles. The first-order chi connectivity index (χ1) is 12.5. The third kappa shape index (κ3) is 3.41. The van der Waals surface area contributed by atoms with Crippen molar-refractivity contribution in [2.45, 2.75) is 13.8 Å². The number of methoxy groups -OCH3 is 1. The average molecular weight is 368 g/mol. The molecule has 26 heavy (non-hydrogen) atoms. The van der Waals surface area contributed by atoms with Crippen molar-refractivity contribution >= 4 is 35.0 Å². The quantitative estimate of drug-likeness (QED) is 0.645. The van der Waals surface area contributed by atoms with E-state index >= 15 is 0 Å². The van der Waals surface area contributed by atoms with Crippen LogP contribution in [0.25, 0.3) is 6.08 Å². The first-order valence-electron chi connectivity index (χ1n) is 8.28. The lowest BCUT2D eigenvalue weighted by molar-refractivity contribution is -0.113. The number of para-hydroxylation sites is 1. The van der Waals surface area contributed by atoms with E-state index < -0.39 is 0 Å². The molecule has 2 aromatic carbocycles. The van der Waals surface area contributed by atoms with E-state index in [2.05, 4.69) is 5.32 Å². The summed E-state index contributed by atoms with van der Waals surface area (Å²) >= 11 is 5.36. The van der Waals surface area contributed by atoms with Crippen molar-refractivity contribution in [2.24, 2.45) is 0 Å². The van der Waals surface area contributed by atoms with Gasteiger partial charge < -0.3 is 14.8 Å². The Balaban J connectivity index is 1.92. The fourth-order valence-electron chi connectivity index (χ4n) is 2.78. The smallest absolute Gasteiger partial charge is 0.281 e. The number of aryl methyl sites for hydroxylation is 1. The highest BCUT2D eigenvalue weighted by Crippen LogP contribution is 2.30. The second-order valence-electron chi connectivity index (χ2n) is 5.76. The molecule has 1 aliphatic heterocycles. The number of thiocarbonyl (C=S) groups is 1. The number of carbonyl (C=O) groups is 1. The molecule has 134 valence electrons. The SMILES string of the molecule is CCOc1ccc(/C=C2/NC(=S)N(c3ccccc3C)C2=O)cc1OC. The Morgan fingerprint density at radius 2 is 1.96 bits per heavy atom. The summed E-state index contributed by atoms with van der Waals surface area (Å²) in [7, 11) is 1.59. The number of ether oxygens (including phenoxy) is 2. The maximum absolute atomic E-state index is 12.8. The summed E-state index contributed by atoms with van der Waals surface area (Å²) in [6, 6.07) is 13.2. The first-order valence-corrected chi connectivity index (χ1v) is 8.69. The number of nitrogens with one attached hydrogen (secondary N) is 1. The monoisotopic (exact) mass is 368 g/mol. The van der Waals surface area contributed by atoms with E-state index in [4.69, 9.17) is 21.7 Å². The molecule has 6 heteroatoms. The molecule has 0 unspecified atom stereocenters. The molecular formula is C20H20N2O3S. The largest absolute Gasteiger partial charge is 0.493 e. The summed E-state index contributed by atoms with van der Waals surface area (Å²) in [4.78, 5) is 14.4. The summed E-state index contributed by atoms with van der Waals surface area (Å²) in [5, 5.41) is 3.37. The summed E-state index contributed by atoms with van der Waals surface area (Å²) < 4.78 is 10.9. The molecule has 1 saturated heterocycles. The first kappa shape index (κ1) is 17.9. The number of hydrogen-bond donors (Lipinski definition) is 1. The topological polar surface area (TPSA) is 50.8 Å². The van der Waals surface area contributed by atoms with E-state index in [0.29, 0.717) is 28.9 Å². The second kappa shape index (κ2) is 7.58. The molecule has 2 aromatic rings. The lowest BCUT2D eigenvalue weighted by atomic mass is 10.1. The average Bonchev–Trinajstić information content (AvgIpc) is 2.90. The number of carbonyl (C=O) groups excluding carboxylic acids is 1. The summed E-state index contributed by atoms with van der Waals surface area (Å²) in [6.45, 7) is 4.41. The molecule has 0 saturated carbocycles. The fourth-order valence-corrected chi connectivity index (χ4v) is 3.07. The minimum absolute atomic E-state index is 0.183. The van der Waals surface area contributed by atoms with Gasteiger partial charge in [0.2, 0.25) is 0 Å². The molecule has 3 rings (SSSR count). The molecule has 0 spiro atoms. The minimum Gasteiger partial charge on any atom is -0.493 e. The Morgan fingerprint density at radius 3 is 2.65 bits per heavy atom. The van der Waals surface area contributed by atoms with E-state index in [9.17, 15) is 4.79 Å². The van der Waals surface area contributed by atoms with Crippen molar-refractivity contribution in [3.05, 3.63) is 59.3 Å². The molecule has 1 heterocycles. The van der Waals surface area contributed by atoms with Crippen molar-refractivity contribution in [3.63, 3.8) is 0 Å². The Morgan fingerprint density at radius 1 is 1.19 bits per heavy atom. The van der Waals surface area contributed by atoms with E-state index in [1.165, 1.54) is 4.90 Å². The van der Waals surface area contributed by atoms with Crippen LogP contribution < -0.4 is 19.7 Å². The molecule has 1 N–H and O–H groups in total. The van der Waals surface area contributed by atoms with Crippen LogP contribution >= 0.6 is 12.2 Å². The van der Waals surface area contributed by atoms with Crippen LogP contribution in [0.2, 0.25) is 0 Å². The molecule has 0 radical (unpaired) electrons. The Labute approximate surface area is 158 Å². The second-order valence-corrected chi connectivity index (χ2v) is 6.15. The third-order valence-electron chi connectivity index (χ3n) is 4.03. The van der Waals surface area contributed by atoms with Gasteiger partial charge in [0, 0.05) is 0 Å². The maximum Gasteiger partial charge on any atom is 0.281 e. The molecule has 0 bridgehead atoms. The van der Waals surface area contributed by atoms with Gasteiger partial charge in [0.25, 0.3) is 5.91 Å². The van der Waals surface area contributed by atoms with Crippen molar-refractivity contribution in [2.75, 3.05) is 18.6 Å². The zero-order valence-electron chi connectivity index (χ0n) is 14.9. The van der Waals surface area contributed by atoms with Gasteiger partial charge in [-0.3, -0.25) is 9.69 Å². The van der Waals surface area contributed by atoms with Gasteiger partial charge in [-0.1, -0.05) is 24.3 Å². The van der Waals surface area contributed by atoms with Crippen molar-refractivity contribution in [1.82, 2.24) is 5.32 Å². The van der Waals surface area contributed by atoms with Gasteiger partial charge in [0.15, 0.2) is 16.6 Å². The lowest BCUT2D eigenvalue weighted by Gasteiger charge is -2.16. The molecule has 5 nitrogen and oxygen atoms in total. The summed E-state index contributed by atoms with van der Waals surface area (Å²) in [6.07, 6.45) is 1.76. The van der Waals surface area contributed by atoms with Gasteiger partial charge in [0.05, 0.1) is 19.4 Å². The highest BCUT2D eigenvalue weighted by atomic mass is 32.1. The maximum atomic E-state index is 12.8. The zero-order chi connectivity index (χ0) is 18.7. The number of amides is 1. The van der Waals surface area contributed by atoms with Gasteiger partial charge >= 0.3 is 0 Å². The fraction of sp³-hybridized carbons (Fsp3) is 0.200. The van der Waals surface area contributed by atoms with Crippen molar-refractivity contribution < 1.29 is 14.3 Å². The van der Waals surface area contributed by atoms with Gasteiger partial charge in [-0.15, -0.1) is 0 Å². The normalized spacial score (nSPS) is 15.3. The molecular weight excluding hydrogens is 348 g/mol. The number of rotatable bonds is 5. The summed E-state index contributed by atoms with van der Waals surface area (Å²) in [5.74, 6) is 1.10. The van der Waals surface area contributed by atoms with E-state index in [1.54, 1.807) is 13.2 Å². The Kier molecular flexibility index (Phi) is 5.23. The predicted molar refractivity (Wildman–Crippen MR) is 107 cm³/mol.